The van der Waals surface area contributed by atoms with E-state index in [0.29, 0.717) is 12.0 Å². The molecule has 3 rings (SSSR count). The Morgan fingerprint density at radius 1 is 1.08 bits per heavy atom. The highest BCUT2D eigenvalue weighted by molar-refractivity contribution is 5.90. The first kappa shape index (κ1) is 28.6. The molecule has 37 heavy (non-hydrogen) atoms. The van der Waals surface area contributed by atoms with Crippen LogP contribution >= 0.6 is 0 Å². The summed E-state index contributed by atoms with van der Waals surface area (Å²) in [6.45, 7) is 1.06. The van der Waals surface area contributed by atoms with Crippen molar-refractivity contribution < 1.29 is 58.8 Å². The summed E-state index contributed by atoms with van der Waals surface area (Å²) in [5.41, 5.74) is 1.23. The molecule has 2 aliphatic heterocycles. The van der Waals surface area contributed by atoms with Crippen LogP contribution in [0.3, 0.4) is 0 Å². The number of esters is 2. The van der Waals surface area contributed by atoms with Gasteiger partial charge in [-0.1, -0.05) is 18.2 Å². The molecule has 0 bridgehead atoms. The summed E-state index contributed by atoms with van der Waals surface area (Å²) in [4.78, 5) is 25.1. The van der Waals surface area contributed by atoms with E-state index in [1.54, 1.807) is 25.1 Å². The van der Waals surface area contributed by atoms with Crippen molar-refractivity contribution in [3.05, 3.63) is 53.3 Å². The van der Waals surface area contributed by atoms with Gasteiger partial charge >= 0.3 is 11.9 Å². The normalized spacial score (nSPS) is 30.8. The molecule has 12 heteroatoms. The number of phenols is 1. The number of methoxy groups -OCH3 is 1. The Hall–Kier alpha value is -3.00. The van der Waals surface area contributed by atoms with Crippen molar-refractivity contribution in [3.8, 4) is 5.75 Å². The number of carbonyl (C=O) groups excluding carboxylic acids is 2. The number of ether oxygens (including phenoxy) is 5. The summed E-state index contributed by atoms with van der Waals surface area (Å²) >= 11 is 0. The van der Waals surface area contributed by atoms with Gasteiger partial charge in [-0.15, -0.1) is 0 Å². The number of allylic oxidation sites excluding steroid dienone is 1. The van der Waals surface area contributed by atoms with Gasteiger partial charge in [0, 0.05) is 17.9 Å². The van der Waals surface area contributed by atoms with Crippen molar-refractivity contribution in [3.63, 3.8) is 0 Å². The van der Waals surface area contributed by atoms with E-state index in [9.17, 15) is 35.1 Å². The number of rotatable bonds is 9. The number of aliphatic hydroxyl groups is 4. The van der Waals surface area contributed by atoms with Gasteiger partial charge in [0.05, 0.1) is 38.6 Å². The third-order valence-corrected chi connectivity index (χ3v) is 6.19. The third kappa shape index (κ3) is 6.86. The van der Waals surface area contributed by atoms with Crippen LogP contribution in [0.15, 0.2) is 47.7 Å². The van der Waals surface area contributed by atoms with Crippen LogP contribution in [0.25, 0.3) is 0 Å². The minimum absolute atomic E-state index is 0.0414. The van der Waals surface area contributed by atoms with Crippen molar-refractivity contribution in [2.45, 2.75) is 56.8 Å². The quantitative estimate of drug-likeness (QED) is 0.210. The van der Waals surface area contributed by atoms with E-state index in [0.717, 1.165) is 11.8 Å². The van der Waals surface area contributed by atoms with Crippen LogP contribution in [0.1, 0.15) is 18.9 Å². The molecule has 1 aromatic carbocycles. The molecular weight excluding hydrogens is 492 g/mol. The van der Waals surface area contributed by atoms with Gasteiger partial charge in [-0.25, -0.2) is 4.79 Å². The average molecular weight is 525 g/mol. The lowest BCUT2D eigenvalue weighted by molar-refractivity contribution is -0.327. The highest BCUT2D eigenvalue weighted by atomic mass is 16.8. The Kier molecular flexibility index (Phi) is 10.0. The van der Waals surface area contributed by atoms with E-state index in [2.05, 4.69) is 0 Å². The lowest BCUT2D eigenvalue weighted by Gasteiger charge is -2.41. The summed E-state index contributed by atoms with van der Waals surface area (Å²) < 4.78 is 26.8. The maximum Gasteiger partial charge on any atom is 0.337 e. The molecule has 12 nitrogen and oxygen atoms in total. The first-order valence-electron chi connectivity index (χ1n) is 11.7. The largest absolute Gasteiger partial charge is 0.508 e. The molecule has 2 aliphatic rings. The first-order chi connectivity index (χ1) is 17.7. The minimum Gasteiger partial charge on any atom is -0.508 e. The highest BCUT2D eigenvalue weighted by Crippen LogP contribution is 2.36. The smallest absolute Gasteiger partial charge is 0.337 e. The zero-order valence-corrected chi connectivity index (χ0v) is 20.4. The second kappa shape index (κ2) is 13.0. The highest BCUT2D eigenvalue weighted by Gasteiger charge is 2.46. The van der Waals surface area contributed by atoms with Gasteiger partial charge in [-0.2, -0.15) is 0 Å². The van der Waals surface area contributed by atoms with Gasteiger partial charge in [-0.3, -0.25) is 4.79 Å². The topological polar surface area (TPSA) is 181 Å². The van der Waals surface area contributed by atoms with Gasteiger partial charge in [0.2, 0.25) is 6.29 Å². The minimum atomic E-state index is -1.67. The van der Waals surface area contributed by atoms with E-state index < -0.39 is 61.5 Å². The molecular formula is C25H32O12. The van der Waals surface area contributed by atoms with Crippen molar-refractivity contribution in [2.75, 3.05) is 20.3 Å². The predicted octanol–water partition coefficient (Wildman–Crippen LogP) is -0.340. The monoisotopic (exact) mass is 524 g/mol. The first-order valence-corrected chi connectivity index (χ1v) is 11.7. The lowest BCUT2D eigenvalue weighted by Crippen LogP contribution is -2.60. The van der Waals surface area contributed by atoms with Crippen LogP contribution in [0, 0.1) is 5.92 Å². The Labute approximate surface area is 213 Å². The second-order valence-electron chi connectivity index (χ2n) is 8.55. The molecule has 7 atom stereocenters. The van der Waals surface area contributed by atoms with Crippen LogP contribution < -0.4 is 0 Å². The molecule has 0 radical (unpaired) electrons. The SMILES string of the molecule is CC=C1C(CC(=O)OCCc2ccc(O)cc2)C(C(=O)OC)=CO[C@H]1O[C@@H]1O[C@H](CO)[C@@H](O)[C@H](O)[C@H]1O. The summed E-state index contributed by atoms with van der Waals surface area (Å²) in [6.07, 6.45) is -6.02. The maximum atomic E-state index is 12.7. The predicted molar refractivity (Wildman–Crippen MR) is 124 cm³/mol. The molecule has 1 saturated heterocycles. The van der Waals surface area contributed by atoms with Gasteiger partial charge in [-0.05, 0) is 24.6 Å². The Bertz CT molecular complexity index is 986. The van der Waals surface area contributed by atoms with Crippen LogP contribution in [0.2, 0.25) is 0 Å². The molecule has 0 aliphatic carbocycles. The fourth-order valence-electron chi connectivity index (χ4n) is 4.10. The standard InChI is InChI=1S/C25H32O12/c1-3-15-16(10-19(28)34-9-8-13-4-6-14(27)7-5-13)17(23(32)33-2)12-35-24(15)37-25-22(31)21(30)20(29)18(11-26)36-25/h3-7,12,16,18,20-22,24-27,29-31H,8-11H2,1-2H3/t16?,18-,20-,21+,22-,24+,25+/m1/s1. The van der Waals surface area contributed by atoms with E-state index in [1.165, 1.54) is 19.2 Å². The average Bonchev–Trinajstić information content (AvgIpc) is 2.89. The van der Waals surface area contributed by atoms with E-state index in [1.807, 2.05) is 0 Å². The molecule has 1 fully saturated rings. The number of phenolic OH excluding ortho intramolecular Hbond substituents is 1. The summed E-state index contributed by atoms with van der Waals surface area (Å²) in [5.74, 6) is -2.07. The van der Waals surface area contributed by atoms with E-state index >= 15 is 0 Å². The molecule has 0 aromatic heterocycles. The van der Waals surface area contributed by atoms with Crippen LogP contribution in [0.5, 0.6) is 5.75 Å². The molecule has 0 amide bonds. The second-order valence-corrected chi connectivity index (χ2v) is 8.55. The number of hydrogen-bond donors (Lipinski definition) is 5. The van der Waals surface area contributed by atoms with Crippen molar-refractivity contribution in [1.29, 1.82) is 0 Å². The molecule has 1 unspecified atom stereocenters. The number of carbonyl (C=O) groups is 2. The zero-order valence-electron chi connectivity index (χ0n) is 20.4. The number of benzene rings is 1. The fourth-order valence-corrected chi connectivity index (χ4v) is 4.10. The summed E-state index contributed by atoms with van der Waals surface area (Å²) in [5, 5.41) is 49.1. The summed E-state index contributed by atoms with van der Waals surface area (Å²) in [7, 11) is 1.18. The van der Waals surface area contributed by atoms with Gasteiger partial charge in [0.25, 0.3) is 0 Å². The van der Waals surface area contributed by atoms with Crippen LogP contribution in [0.4, 0.5) is 0 Å². The van der Waals surface area contributed by atoms with Crippen molar-refractivity contribution >= 4 is 11.9 Å². The molecule has 0 spiro atoms. The molecule has 2 heterocycles. The molecule has 5 N–H and O–H groups in total. The van der Waals surface area contributed by atoms with Crippen LogP contribution in [-0.2, 0) is 39.7 Å². The number of aliphatic hydroxyl groups excluding tert-OH is 4. The lowest BCUT2D eigenvalue weighted by atomic mass is 9.86. The number of aromatic hydroxyl groups is 1. The fraction of sp³-hybridized carbons (Fsp3) is 0.520. The number of hydrogen-bond acceptors (Lipinski definition) is 12. The zero-order chi connectivity index (χ0) is 27.1. The van der Waals surface area contributed by atoms with Gasteiger partial charge in [0.15, 0.2) is 6.29 Å². The van der Waals surface area contributed by atoms with Crippen LogP contribution in [-0.4, -0.2) is 94.8 Å². The molecule has 204 valence electrons. The summed E-state index contributed by atoms with van der Waals surface area (Å²) in [6, 6.07) is 6.47. The van der Waals surface area contributed by atoms with Gasteiger partial charge < -0.3 is 49.2 Å². The Balaban J connectivity index is 1.71. The third-order valence-electron chi connectivity index (χ3n) is 6.19. The van der Waals surface area contributed by atoms with Gasteiger partial charge in [0.1, 0.15) is 30.2 Å². The van der Waals surface area contributed by atoms with Crippen molar-refractivity contribution in [2.24, 2.45) is 5.92 Å². The Morgan fingerprint density at radius 2 is 1.78 bits per heavy atom. The van der Waals surface area contributed by atoms with E-state index in [4.69, 9.17) is 23.7 Å². The Morgan fingerprint density at radius 3 is 2.41 bits per heavy atom. The molecule has 1 aromatic rings. The molecule has 0 saturated carbocycles. The van der Waals surface area contributed by atoms with E-state index in [-0.39, 0.29) is 24.4 Å². The van der Waals surface area contributed by atoms with Crippen molar-refractivity contribution in [1.82, 2.24) is 0 Å². The maximum absolute atomic E-state index is 12.7.